The van der Waals surface area contributed by atoms with E-state index >= 15 is 0 Å². The van der Waals surface area contributed by atoms with Gasteiger partial charge < -0.3 is 200 Å². The van der Waals surface area contributed by atoms with Gasteiger partial charge in [-0.2, -0.15) is 0 Å². The average Bonchev–Trinajstić information content (AvgIpc) is 3.50. The molecular weight excluding hydrogens is 850 g/mol. The standard InChI is InChI=1S/11K.30H3N.11H/h;;;;;;;;;;;30*1H3;;;;;;;;;;;/q11*+1;;;;;;;;;;;;;;;;;;;;;;;;;;;;;;;11*-1/i/hD30. The van der Waals surface area contributed by atoms with Gasteiger partial charge in [0.1, 0.15) is 42.4 Å². The zero-order valence-corrected chi connectivity index (χ0v) is 62.7. The van der Waals surface area contributed by atoms with Gasteiger partial charge in [0.05, 0.1) is 0 Å². The van der Waals surface area contributed by atoms with Crippen molar-refractivity contribution in [3.8, 4) is 0 Å². The van der Waals surface area contributed by atoms with E-state index in [0.717, 1.165) is 0 Å². The molecule has 0 spiro atoms. The number of hydrogen-bond donors (Lipinski definition) is 30. The van der Waals surface area contributed by atoms with Crippen molar-refractivity contribution in [2.75, 3.05) is 0 Å². The van der Waals surface area contributed by atoms with Crippen LogP contribution in [0.1, 0.15) is 15.7 Å². The van der Waals surface area contributed by atoms with Crippen LogP contribution >= 0.6 is 0 Å². The summed E-state index contributed by atoms with van der Waals surface area (Å²) < 4.78 is 158. The predicted molar refractivity (Wildman–Crippen MR) is 163 cm³/mol. The first-order valence-electron chi connectivity index (χ1n) is 17.3. The van der Waals surface area contributed by atoms with Crippen molar-refractivity contribution in [3.05, 3.63) is 0 Å². The van der Waals surface area contributed by atoms with E-state index in [4.69, 9.17) is 42.4 Å². The maximum Gasteiger partial charge on any atom is 1.00 e. The Balaban J connectivity index is -0.00000000225. The van der Waals surface area contributed by atoms with Crippen molar-refractivity contribution in [2.45, 2.75) is 0 Å². The summed E-state index contributed by atoms with van der Waals surface area (Å²) in [5.41, 5.74) is 0. The second-order valence-corrected chi connectivity index (χ2v) is 0. The van der Waals surface area contributed by atoms with Gasteiger partial charge >= 0.3 is 565 Å². The van der Waals surface area contributed by atoms with Crippen LogP contribution in [0, 0.1) is 0 Å². The van der Waals surface area contributed by atoms with E-state index in [1.54, 1.807) is 0 Å². The van der Waals surface area contributed by atoms with Crippen LogP contribution in [-0.2, 0) is 0 Å². The Kier molecular flexibility index (Phi) is 1300. The van der Waals surface area contributed by atoms with Crippen LogP contribution in [0.4, 0.5) is 0 Å². The van der Waals surface area contributed by atoms with E-state index in [9.17, 15) is 0 Å². The monoisotopic (exact) mass is 981 g/mol. The Hall–Kier alpha value is 16.8. The molecule has 0 aliphatic carbocycles. The van der Waals surface area contributed by atoms with Gasteiger partial charge in [0, 0.05) is 0 Å². The van der Waals surface area contributed by atoms with Crippen molar-refractivity contribution in [1.82, 2.24) is 184 Å². The van der Waals surface area contributed by atoms with Crippen LogP contribution < -0.4 is 750 Å². The zero-order chi connectivity index (χ0) is 60.0. The fourth-order valence-corrected chi connectivity index (χ4v) is 0. The second kappa shape index (κ2) is 627. The van der Waals surface area contributed by atoms with Gasteiger partial charge in [0.25, 0.3) is 0 Å². The van der Waals surface area contributed by atoms with E-state index in [1.165, 1.54) is 0 Å². The van der Waals surface area contributed by atoms with Crippen molar-refractivity contribution >= 4 is 0 Å². The molecule has 0 bridgehead atoms. The summed E-state index contributed by atoms with van der Waals surface area (Å²) in [5, 5.41) is 0. The van der Waals surface area contributed by atoms with E-state index in [-0.39, 0.29) is 581 Å². The number of rotatable bonds is 0. The molecule has 0 atom stereocenters. The maximum atomic E-state index is 5.25. The molecule has 0 rings (SSSR count). The van der Waals surface area contributed by atoms with Gasteiger partial charge in [-0.1, -0.05) is 0 Å². The molecule has 30 nitrogen and oxygen atoms in total. The van der Waals surface area contributed by atoms with Crippen LogP contribution in [0.5, 0.6) is 0 Å². The van der Waals surface area contributed by atoms with Crippen molar-refractivity contribution < 1.29 is 623 Å². The first-order valence-corrected chi connectivity index (χ1v) is 0. The molecule has 41 heavy (non-hydrogen) atoms. The fourth-order valence-electron chi connectivity index (χ4n) is 0. The van der Waals surface area contributed by atoms with Crippen molar-refractivity contribution in [1.29, 1.82) is 0 Å². The minimum Gasteiger partial charge on any atom is -1.00 e. The summed E-state index contributed by atoms with van der Waals surface area (Å²) >= 11 is 0. The normalized spacial score (nSPS) is 5.12. The van der Waals surface area contributed by atoms with Crippen molar-refractivity contribution in [3.63, 3.8) is 0 Å². The molecule has 0 radical (unpaired) electrons. The van der Waals surface area contributed by atoms with Gasteiger partial charge in [0.2, 0.25) is 0 Å². The quantitative estimate of drug-likeness (QED) is 0.100. The third kappa shape index (κ3) is 604. The Morgan fingerprint density at radius 1 is 0.122 bits per heavy atom. The van der Waals surface area contributed by atoms with Crippen LogP contribution in [0.15, 0.2) is 0 Å². The Morgan fingerprint density at radius 2 is 0.122 bits per heavy atom. The van der Waals surface area contributed by atoms with E-state index in [2.05, 4.69) is 184 Å². The number of hydrogen-bond acceptors (Lipinski definition) is 30. The molecule has 0 aromatic rings. The van der Waals surface area contributed by atoms with E-state index in [1.807, 2.05) is 0 Å². The minimum absolute atomic E-state index is 0. The third-order valence-electron chi connectivity index (χ3n) is 0. The van der Waals surface area contributed by atoms with E-state index < -0.39 is 0 Å². The molecule has 0 aliphatic heterocycles. The van der Waals surface area contributed by atoms with Gasteiger partial charge in [-0.05, 0) is 0 Å². The molecule has 90 N–H and O–H groups in total. The van der Waals surface area contributed by atoms with Gasteiger partial charge in [-0.3, -0.25) is 0 Å². The summed E-state index contributed by atoms with van der Waals surface area (Å²) in [6, 6.07) is 0. The van der Waals surface area contributed by atoms with Gasteiger partial charge in [-0.25, -0.2) is 0 Å². The molecule has 262 valence electrons. The SMILES string of the molecule is [2H]N.[2H]N.[2H]N.[2H]N.[2H]N.[2H]N.[2H]N.[2H]N.[2H]N.[2H]N.[2H]N.[2H]N.[2H]N.[2H]N.[2H]N.[2H]N.[2H]N.[2H]N.[2H]N.[2H]N.[2H]N.[2H]N.[2H]N.[2H]N.[2H]N.[2H]N.[2H]N.[2H]N.[2H]N.[2H]N.[H-].[H-].[H-].[H-].[H-].[H-].[H-].[H-].[H-].[H-].[H-].[K+].[K+].[K+].[K+].[K+].[K+].[K+].[K+].[K+].[K+].[K+]. The molecule has 0 aliphatic rings. The van der Waals surface area contributed by atoms with Crippen LogP contribution in [0.3, 0.4) is 0 Å². The molecule has 0 aromatic heterocycles. The Bertz CT molecular complexity index is 116. The summed E-state index contributed by atoms with van der Waals surface area (Å²) in [5.74, 6) is 0. The van der Waals surface area contributed by atoms with Crippen molar-refractivity contribution in [2.24, 2.45) is 0 Å². The van der Waals surface area contributed by atoms with Gasteiger partial charge in [0.15, 0.2) is 0 Å². The molecule has 0 saturated heterocycles. The topological polar surface area (TPSA) is 1050 Å². The minimum atomic E-state index is 0. The molecule has 0 unspecified atom stereocenters. The molecule has 0 heterocycles. The molecule has 0 aromatic carbocycles. The third-order valence-corrected chi connectivity index (χ3v) is 0. The van der Waals surface area contributed by atoms with Gasteiger partial charge in [-0.15, -0.1) is 0 Å². The molecule has 0 saturated carbocycles. The smallest absolute Gasteiger partial charge is 1.00 e. The maximum absolute atomic E-state index is 5.25. The molecule has 0 fully saturated rings. The average molecular weight is 982 g/mol. The summed E-state index contributed by atoms with van der Waals surface area (Å²) in [6.45, 7) is 0. The Labute approximate surface area is 784 Å². The van der Waals surface area contributed by atoms with Crippen LogP contribution in [0.2, 0.25) is 42.4 Å². The van der Waals surface area contributed by atoms with E-state index in [0.29, 0.717) is 0 Å². The second-order valence-electron chi connectivity index (χ2n) is 0. The predicted octanol–water partition coefficient (Wildman–Crippen LogP) is -26.9. The molecule has 41 heteroatoms. The first-order chi connectivity index (χ1) is 30.0. The molecule has 0 amide bonds. The van der Waals surface area contributed by atoms with Crippen LogP contribution in [0.25, 0.3) is 0 Å². The van der Waals surface area contributed by atoms with Crippen LogP contribution in [-0.4, -0.2) is 0 Å². The Morgan fingerprint density at radius 3 is 0.122 bits per heavy atom. The fraction of sp³-hybridized carbons (Fsp3) is 0. The molecular formula is H101K11N30. The summed E-state index contributed by atoms with van der Waals surface area (Å²) in [4.78, 5) is 0. The zero-order valence-electron chi connectivity index (χ0n) is 69.3. The first kappa shape index (κ1) is 85.1. The summed E-state index contributed by atoms with van der Waals surface area (Å²) in [7, 11) is 0. The largest absolute Gasteiger partial charge is 1.00 e. The summed E-state index contributed by atoms with van der Waals surface area (Å²) in [6.07, 6.45) is 112.